The zero-order chi connectivity index (χ0) is 22.5. The lowest BCUT2D eigenvalue weighted by Gasteiger charge is -2.11. The van der Waals surface area contributed by atoms with Gasteiger partial charge in [-0.3, -0.25) is 19.7 Å². The van der Waals surface area contributed by atoms with E-state index in [4.69, 9.17) is 9.47 Å². The summed E-state index contributed by atoms with van der Waals surface area (Å²) in [5.74, 6) is 0.240. The van der Waals surface area contributed by atoms with E-state index in [0.717, 1.165) is 0 Å². The first kappa shape index (κ1) is 20.6. The van der Waals surface area contributed by atoms with E-state index in [2.05, 4.69) is 10.6 Å². The highest BCUT2D eigenvalue weighted by Gasteiger charge is 2.16. The van der Waals surface area contributed by atoms with Crippen LogP contribution in [0.3, 0.4) is 0 Å². The summed E-state index contributed by atoms with van der Waals surface area (Å²) in [6, 6.07) is 17.5. The molecule has 3 aromatic carbocycles. The zero-order valence-electron chi connectivity index (χ0n) is 16.6. The molecule has 0 radical (unpaired) electrons. The molecule has 3 aromatic rings. The third-order valence-electron chi connectivity index (χ3n) is 4.57. The average Bonchev–Trinajstić information content (AvgIpc) is 3.26. The summed E-state index contributed by atoms with van der Waals surface area (Å²) >= 11 is 0. The van der Waals surface area contributed by atoms with Gasteiger partial charge in [-0.05, 0) is 35.9 Å². The number of hydrogen-bond acceptors (Lipinski definition) is 6. The van der Waals surface area contributed by atoms with Gasteiger partial charge in [-0.2, -0.15) is 0 Å². The van der Waals surface area contributed by atoms with Gasteiger partial charge in [0.1, 0.15) is 0 Å². The normalized spacial score (nSPS) is 11.9. The molecule has 9 nitrogen and oxygen atoms in total. The van der Waals surface area contributed by atoms with Gasteiger partial charge in [0, 0.05) is 30.0 Å². The summed E-state index contributed by atoms with van der Waals surface area (Å²) in [7, 11) is 0. The number of ether oxygens (including phenoxy) is 2. The number of fused-ring (bicyclic) bond motifs is 1. The molecular formula is C23H17N3O6. The number of benzene rings is 3. The predicted octanol–water partition coefficient (Wildman–Crippen LogP) is 4.23. The van der Waals surface area contributed by atoms with Crippen molar-refractivity contribution in [3.05, 3.63) is 94.0 Å². The monoisotopic (exact) mass is 431 g/mol. The maximum Gasteiger partial charge on any atom is 0.270 e. The van der Waals surface area contributed by atoms with Gasteiger partial charge in [-0.25, -0.2) is 0 Å². The molecule has 2 N–H and O–H groups in total. The van der Waals surface area contributed by atoms with E-state index < -0.39 is 16.7 Å². The molecule has 32 heavy (non-hydrogen) atoms. The van der Waals surface area contributed by atoms with Crippen molar-refractivity contribution in [2.75, 3.05) is 17.4 Å². The van der Waals surface area contributed by atoms with Crippen LogP contribution in [0.2, 0.25) is 0 Å². The van der Waals surface area contributed by atoms with Crippen LogP contribution < -0.4 is 20.1 Å². The highest BCUT2D eigenvalue weighted by Crippen LogP contribution is 2.34. The minimum Gasteiger partial charge on any atom is -0.454 e. The van der Waals surface area contributed by atoms with E-state index in [0.29, 0.717) is 28.4 Å². The second kappa shape index (κ2) is 9.00. The van der Waals surface area contributed by atoms with Crippen LogP contribution in [0, 0.1) is 10.1 Å². The fourth-order valence-corrected chi connectivity index (χ4v) is 3.05. The number of nitrogens with zero attached hydrogens (tertiary/aromatic N) is 1. The van der Waals surface area contributed by atoms with Crippen LogP contribution in [0.5, 0.6) is 11.5 Å². The van der Waals surface area contributed by atoms with Crippen molar-refractivity contribution >= 4 is 35.0 Å². The summed E-state index contributed by atoms with van der Waals surface area (Å²) in [5.41, 5.74) is 1.54. The lowest BCUT2D eigenvalue weighted by atomic mass is 10.1. The molecule has 0 bridgehead atoms. The Morgan fingerprint density at radius 2 is 1.75 bits per heavy atom. The van der Waals surface area contributed by atoms with E-state index in [1.54, 1.807) is 48.5 Å². The van der Waals surface area contributed by atoms with Crippen molar-refractivity contribution in [3.8, 4) is 11.5 Å². The third-order valence-corrected chi connectivity index (χ3v) is 4.57. The van der Waals surface area contributed by atoms with Crippen molar-refractivity contribution in [1.29, 1.82) is 0 Å². The lowest BCUT2D eigenvalue weighted by Crippen LogP contribution is -2.17. The number of carbonyl (C=O) groups is 2. The third kappa shape index (κ3) is 4.73. The molecule has 1 heterocycles. The fraction of sp³-hybridized carbons (Fsp3) is 0.0435. The molecule has 0 saturated carbocycles. The SMILES string of the molecule is O=C(/C=C/c1cccc([N+](=O)[O-])c1)Nc1ccccc1C(=O)Nc1ccc2c(c1)OCO2. The first-order valence-electron chi connectivity index (χ1n) is 9.53. The molecule has 0 fully saturated rings. The largest absolute Gasteiger partial charge is 0.454 e. The first-order valence-corrected chi connectivity index (χ1v) is 9.53. The first-order chi connectivity index (χ1) is 15.5. The van der Waals surface area contributed by atoms with Gasteiger partial charge in [-0.1, -0.05) is 24.3 Å². The minimum atomic E-state index is -0.508. The maximum atomic E-state index is 12.8. The zero-order valence-corrected chi connectivity index (χ0v) is 16.6. The van der Waals surface area contributed by atoms with Crippen LogP contribution in [-0.4, -0.2) is 23.5 Å². The summed E-state index contributed by atoms with van der Waals surface area (Å²) in [5, 5.41) is 16.3. The van der Waals surface area contributed by atoms with Gasteiger partial charge in [0.15, 0.2) is 11.5 Å². The second-order valence-electron chi connectivity index (χ2n) is 6.74. The molecule has 1 aliphatic rings. The van der Waals surface area contributed by atoms with E-state index >= 15 is 0 Å². The van der Waals surface area contributed by atoms with Gasteiger partial charge in [0.2, 0.25) is 12.7 Å². The maximum absolute atomic E-state index is 12.8. The summed E-state index contributed by atoms with van der Waals surface area (Å²) in [4.78, 5) is 35.5. The van der Waals surface area contributed by atoms with E-state index in [1.807, 2.05) is 0 Å². The van der Waals surface area contributed by atoms with Crippen LogP contribution in [0.25, 0.3) is 6.08 Å². The van der Waals surface area contributed by atoms with Crippen LogP contribution in [0.1, 0.15) is 15.9 Å². The Hall–Kier alpha value is -4.66. The molecule has 160 valence electrons. The van der Waals surface area contributed by atoms with Crippen LogP contribution in [0.4, 0.5) is 17.1 Å². The highest BCUT2D eigenvalue weighted by molar-refractivity contribution is 6.11. The predicted molar refractivity (Wildman–Crippen MR) is 118 cm³/mol. The number of para-hydroxylation sites is 1. The molecule has 1 aliphatic heterocycles. The fourth-order valence-electron chi connectivity index (χ4n) is 3.05. The van der Waals surface area contributed by atoms with Crippen molar-refractivity contribution in [1.82, 2.24) is 0 Å². The molecule has 4 rings (SSSR count). The molecule has 0 aromatic heterocycles. The Morgan fingerprint density at radius 1 is 0.938 bits per heavy atom. The van der Waals surface area contributed by atoms with Gasteiger partial charge in [0.25, 0.3) is 11.6 Å². The smallest absolute Gasteiger partial charge is 0.270 e. The number of rotatable bonds is 6. The van der Waals surface area contributed by atoms with Gasteiger partial charge in [0.05, 0.1) is 16.2 Å². The molecule has 0 spiro atoms. The Bertz CT molecular complexity index is 1240. The topological polar surface area (TPSA) is 120 Å². The summed E-state index contributed by atoms with van der Waals surface area (Å²) in [6.45, 7) is 0.130. The summed E-state index contributed by atoms with van der Waals surface area (Å²) in [6.07, 6.45) is 2.70. The number of anilines is 2. The molecule has 0 unspecified atom stereocenters. The molecule has 2 amide bonds. The quantitative estimate of drug-likeness (QED) is 0.342. The Labute approximate surface area is 182 Å². The van der Waals surface area contributed by atoms with Crippen molar-refractivity contribution in [3.63, 3.8) is 0 Å². The Kier molecular flexibility index (Phi) is 5.80. The van der Waals surface area contributed by atoms with Gasteiger partial charge in [-0.15, -0.1) is 0 Å². The molecular weight excluding hydrogens is 414 g/mol. The van der Waals surface area contributed by atoms with Gasteiger partial charge >= 0.3 is 0 Å². The molecule has 0 atom stereocenters. The van der Waals surface area contributed by atoms with E-state index in [1.165, 1.54) is 30.4 Å². The van der Waals surface area contributed by atoms with Crippen LogP contribution in [-0.2, 0) is 4.79 Å². The number of non-ortho nitro benzene ring substituents is 1. The molecule has 0 aliphatic carbocycles. The van der Waals surface area contributed by atoms with E-state index in [9.17, 15) is 19.7 Å². The van der Waals surface area contributed by atoms with Crippen molar-refractivity contribution in [2.24, 2.45) is 0 Å². The number of amides is 2. The van der Waals surface area contributed by atoms with Gasteiger partial charge < -0.3 is 20.1 Å². The van der Waals surface area contributed by atoms with Crippen LogP contribution in [0.15, 0.2) is 72.8 Å². The number of carbonyl (C=O) groups excluding carboxylic acids is 2. The molecule has 9 heteroatoms. The minimum absolute atomic E-state index is 0.0712. The van der Waals surface area contributed by atoms with Crippen LogP contribution >= 0.6 is 0 Å². The Morgan fingerprint density at radius 3 is 2.59 bits per heavy atom. The second-order valence-corrected chi connectivity index (χ2v) is 6.74. The number of hydrogen-bond donors (Lipinski definition) is 2. The van der Waals surface area contributed by atoms with Crippen molar-refractivity contribution < 1.29 is 24.0 Å². The Balaban J connectivity index is 1.46. The average molecular weight is 431 g/mol. The summed E-state index contributed by atoms with van der Waals surface area (Å²) < 4.78 is 10.6. The standard InChI is InChI=1S/C23H17N3O6/c27-22(11-8-15-4-3-5-17(12-15)26(29)30)25-19-7-2-1-6-18(19)23(28)24-16-9-10-20-21(13-16)32-14-31-20/h1-13H,14H2,(H,24,28)(H,25,27)/b11-8+. The van der Waals surface area contributed by atoms with E-state index in [-0.39, 0.29) is 18.0 Å². The lowest BCUT2D eigenvalue weighted by molar-refractivity contribution is -0.384. The number of nitrogens with one attached hydrogen (secondary N) is 2. The highest BCUT2D eigenvalue weighted by atomic mass is 16.7. The number of nitro benzene ring substituents is 1. The molecule has 0 saturated heterocycles. The number of nitro groups is 1. The van der Waals surface area contributed by atoms with Crippen molar-refractivity contribution in [2.45, 2.75) is 0 Å².